The predicted molar refractivity (Wildman–Crippen MR) is 60.0 cm³/mol. The van der Waals surface area contributed by atoms with Gasteiger partial charge in [-0.05, 0) is 24.0 Å². The number of anilines is 1. The van der Waals surface area contributed by atoms with Crippen LogP contribution in [0, 0.1) is 6.92 Å². The molecule has 1 amide bonds. The average Bonchev–Trinajstić information content (AvgIpc) is 2.20. The SMILES string of the molecule is Cc1cccc(C(C)C)c1NC(=O)C=O. The van der Waals surface area contributed by atoms with Crippen LogP contribution in [-0.4, -0.2) is 12.2 Å². The number of aldehydes is 1. The van der Waals surface area contributed by atoms with Crippen molar-refractivity contribution in [3.05, 3.63) is 29.3 Å². The quantitative estimate of drug-likeness (QED) is 0.607. The fraction of sp³-hybridized carbons (Fsp3) is 0.333. The van der Waals surface area contributed by atoms with Gasteiger partial charge in [-0.15, -0.1) is 0 Å². The van der Waals surface area contributed by atoms with Gasteiger partial charge in [0.05, 0.1) is 0 Å². The minimum Gasteiger partial charge on any atom is -0.319 e. The third-order valence-electron chi connectivity index (χ3n) is 2.28. The first-order valence-electron chi connectivity index (χ1n) is 4.92. The summed E-state index contributed by atoms with van der Waals surface area (Å²) < 4.78 is 0. The molecule has 1 rings (SSSR count). The highest BCUT2D eigenvalue weighted by Crippen LogP contribution is 2.27. The molecule has 3 nitrogen and oxygen atoms in total. The summed E-state index contributed by atoms with van der Waals surface area (Å²) in [6.45, 7) is 6.00. The second kappa shape index (κ2) is 4.73. The molecule has 80 valence electrons. The molecule has 0 heterocycles. The first-order chi connectivity index (χ1) is 7.06. The number of carbonyl (C=O) groups excluding carboxylic acids is 2. The highest BCUT2D eigenvalue weighted by atomic mass is 16.2. The molecule has 3 heteroatoms. The van der Waals surface area contributed by atoms with Gasteiger partial charge in [-0.1, -0.05) is 32.0 Å². The Morgan fingerprint density at radius 2 is 2.07 bits per heavy atom. The second-order valence-corrected chi connectivity index (χ2v) is 3.80. The summed E-state index contributed by atoms with van der Waals surface area (Å²) in [5.41, 5.74) is 2.77. The fourth-order valence-corrected chi connectivity index (χ4v) is 1.49. The van der Waals surface area contributed by atoms with Crippen LogP contribution in [0.2, 0.25) is 0 Å². The topological polar surface area (TPSA) is 46.2 Å². The van der Waals surface area contributed by atoms with Gasteiger partial charge in [0.1, 0.15) is 0 Å². The van der Waals surface area contributed by atoms with Gasteiger partial charge in [0, 0.05) is 5.69 Å². The molecule has 0 unspecified atom stereocenters. The van der Waals surface area contributed by atoms with Crippen LogP contribution in [0.3, 0.4) is 0 Å². The second-order valence-electron chi connectivity index (χ2n) is 3.80. The van der Waals surface area contributed by atoms with Gasteiger partial charge in [0.15, 0.2) is 0 Å². The van der Waals surface area contributed by atoms with Crippen molar-refractivity contribution in [3.8, 4) is 0 Å². The molecule has 0 saturated heterocycles. The summed E-state index contributed by atoms with van der Waals surface area (Å²) in [7, 11) is 0. The number of aryl methyl sites for hydroxylation is 1. The molecule has 0 aliphatic heterocycles. The molecule has 0 fully saturated rings. The normalized spacial score (nSPS) is 10.1. The van der Waals surface area contributed by atoms with E-state index in [2.05, 4.69) is 5.32 Å². The zero-order valence-electron chi connectivity index (χ0n) is 9.20. The summed E-state index contributed by atoms with van der Waals surface area (Å²) in [5.74, 6) is -0.293. The first kappa shape index (κ1) is 11.4. The number of benzene rings is 1. The van der Waals surface area contributed by atoms with Crippen molar-refractivity contribution in [2.45, 2.75) is 26.7 Å². The Morgan fingerprint density at radius 1 is 1.40 bits per heavy atom. The molecule has 1 aromatic carbocycles. The van der Waals surface area contributed by atoms with Crippen LogP contribution < -0.4 is 5.32 Å². The summed E-state index contributed by atoms with van der Waals surface area (Å²) in [5, 5.41) is 2.60. The molecular weight excluding hydrogens is 190 g/mol. The zero-order valence-corrected chi connectivity index (χ0v) is 9.20. The Morgan fingerprint density at radius 3 is 2.60 bits per heavy atom. The molecule has 0 spiro atoms. The van der Waals surface area contributed by atoms with Gasteiger partial charge < -0.3 is 5.32 Å². The van der Waals surface area contributed by atoms with E-state index in [1.54, 1.807) is 0 Å². The van der Waals surface area contributed by atoms with Gasteiger partial charge >= 0.3 is 0 Å². The lowest BCUT2D eigenvalue weighted by atomic mass is 9.98. The van der Waals surface area contributed by atoms with Crippen molar-refractivity contribution in [2.75, 3.05) is 5.32 Å². The van der Waals surface area contributed by atoms with Crippen LogP contribution in [0.4, 0.5) is 5.69 Å². The number of hydrogen-bond donors (Lipinski definition) is 1. The maximum Gasteiger partial charge on any atom is 0.288 e. The van der Waals surface area contributed by atoms with Gasteiger partial charge in [-0.25, -0.2) is 0 Å². The predicted octanol–water partition coefficient (Wildman–Crippen LogP) is 2.26. The van der Waals surface area contributed by atoms with Crippen molar-refractivity contribution in [1.29, 1.82) is 0 Å². The first-order valence-corrected chi connectivity index (χ1v) is 4.92. The third kappa shape index (κ3) is 2.65. The number of hydrogen-bond acceptors (Lipinski definition) is 2. The third-order valence-corrected chi connectivity index (χ3v) is 2.28. The lowest BCUT2D eigenvalue weighted by molar-refractivity contribution is -0.127. The molecule has 0 aliphatic rings. The molecule has 0 aliphatic carbocycles. The largest absolute Gasteiger partial charge is 0.319 e. The maximum absolute atomic E-state index is 11.0. The molecule has 0 bridgehead atoms. The van der Waals surface area contributed by atoms with E-state index in [4.69, 9.17) is 0 Å². The lowest BCUT2D eigenvalue weighted by Crippen LogP contribution is -2.15. The number of nitrogens with one attached hydrogen (secondary N) is 1. The maximum atomic E-state index is 11.0. The van der Waals surface area contributed by atoms with Crippen molar-refractivity contribution < 1.29 is 9.59 Å². The number of para-hydroxylation sites is 1. The van der Waals surface area contributed by atoms with Crippen molar-refractivity contribution in [1.82, 2.24) is 0 Å². The number of amides is 1. The summed E-state index contributed by atoms with van der Waals surface area (Å²) in [4.78, 5) is 21.3. The van der Waals surface area contributed by atoms with E-state index >= 15 is 0 Å². The van der Waals surface area contributed by atoms with E-state index in [0.29, 0.717) is 5.92 Å². The van der Waals surface area contributed by atoms with E-state index in [9.17, 15) is 9.59 Å². The van der Waals surface area contributed by atoms with Gasteiger partial charge in [-0.3, -0.25) is 9.59 Å². The minimum absolute atomic E-state index is 0.288. The lowest BCUT2D eigenvalue weighted by Gasteiger charge is -2.14. The minimum atomic E-state index is -0.605. The zero-order chi connectivity index (χ0) is 11.4. The Bertz CT molecular complexity index is 383. The van der Waals surface area contributed by atoms with E-state index < -0.39 is 5.91 Å². The molecule has 0 atom stereocenters. The van der Waals surface area contributed by atoms with E-state index in [1.165, 1.54) is 0 Å². The molecule has 15 heavy (non-hydrogen) atoms. The summed E-state index contributed by atoms with van der Waals surface area (Å²) >= 11 is 0. The Labute approximate surface area is 89.5 Å². The molecule has 0 aromatic heterocycles. The monoisotopic (exact) mass is 205 g/mol. The van der Waals surface area contributed by atoms with Crippen LogP contribution in [0.5, 0.6) is 0 Å². The van der Waals surface area contributed by atoms with Crippen LogP contribution >= 0.6 is 0 Å². The van der Waals surface area contributed by atoms with Gasteiger partial charge in [0.2, 0.25) is 6.29 Å². The van der Waals surface area contributed by atoms with E-state index in [0.717, 1.165) is 16.8 Å². The highest BCUT2D eigenvalue weighted by Gasteiger charge is 2.10. The highest BCUT2D eigenvalue weighted by molar-refractivity contribution is 6.29. The summed E-state index contributed by atoms with van der Waals surface area (Å²) in [6.07, 6.45) is 0.288. The standard InChI is InChI=1S/C12H15NO2/c1-8(2)10-6-4-5-9(3)12(10)13-11(15)7-14/h4-8H,1-3H3,(H,13,15). The van der Waals surface area contributed by atoms with Crippen LogP contribution in [0.25, 0.3) is 0 Å². The fourth-order valence-electron chi connectivity index (χ4n) is 1.49. The number of carbonyl (C=O) groups is 2. The van der Waals surface area contributed by atoms with E-state index in [1.807, 2.05) is 39.0 Å². The van der Waals surface area contributed by atoms with Crippen LogP contribution in [0.15, 0.2) is 18.2 Å². The molecule has 0 saturated carbocycles. The van der Waals surface area contributed by atoms with Gasteiger partial charge in [-0.2, -0.15) is 0 Å². The Hall–Kier alpha value is -1.64. The van der Waals surface area contributed by atoms with Gasteiger partial charge in [0.25, 0.3) is 5.91 Å². The molecule has 1 N–H and O–H groups in total. The summed E-state index contributed by atoms with van der Waals surface area (Å²) in [6, 6.07) is 5.81. The van der Waals surface area contributed by atoms with Crippen molar-refractivity contribution >= 4 is 17.9 Å². The Kier molecular flexibility index (Phi) is 3.61. The van der Waals surface area contributed by atoms with Crippen LogP contribution in [0.1, 0.15) is 30.9 Å². The average molecular weight is 205 g/mol. The number of rotatable bonds is 3. The molecule has 0 radical (unpaired) electrons. The van der Waals surface area contributed by atoms with Crippen molar-refractivity contribution in [3.63, 3.8) is 0 Å². The Balaban J connectivity index is 3.12. The van der Waals surface area contributed by atoms with Crippen molar-refractivity contribution in [2.24, 2.45) is 0 Å². The molecular formula is C12H15NO2. The van der Waals surface area contributed by atoms with Crippen LogP contribution in [-0.2, 0) is 9.59 Å². The van der Waals surface area contributed by atoms with E-state index in [-0.39, 0.29) is 6.29 Å². The smallest absolute Gasteiger partial charge is 0.288 e. The molecule has 1 aromatic rings.